The van der Waals surface area contributed by atoms with E-state index in [1.807, 2.05) is 11.9 Å². The number of nitrogens with zero attached hydrogens (tertiary/aromatic N) is 2. The van der Waals surface area contributed by atoms with E-state index in [1.54, 1.807) is 19.2 Å². The topological polar surface area (TPSA) is 46.1 Å². The molecule has 0 amide bonds. The van der Waals surface area contributed by atoms with Crippen molar-refractivity contribution in [3.05, 3.63) is 29.8 Å². The van der Waals surface area contributed by atoms with Crippen LogP contribution in [-0.4, -0.2) is 51.1 Å². The molecule has 25 heavy (non-hydrogen) atoms. The predicted molar refractivity (Wildman–Crippen MR) is 100 cm³/mol. The molecule has 1 aromatic rings. The quantitative estimate of drug-likeness (QED) is 0.406. The second-order valence-electron chi connectivity index (χ2n) is 5.67. The van der Waals surface area contributed by atoms with Crippen LogP contribution in [0.2, 0.25) is 0 Å². The van der Waals surface area contributed by atoms with Gasteiger partial charge in [-0.15, -0.1) is 37.1 Å². The van der Waals surface area contributed by atoms with E-state index < -0.39 is 6.36 Å². The molecule has 1 unspecified atom stereocenters. The lowest BCUT2D eigenvalue weighted by Crippen LogP contribution is -2.41. The number of hydrogen-bond donors (Lipinski definition) is 1. The smallest absolute Gasteiger partial charge is 0.405 e. The van der Waals surface area contributed by atoms with Crippen LogP contribution in [0.3, 0.4) is 0 Å². The van der Waals surface area contributed by atoms with Gasteiger partial charge in [0.1, 0.15) is 5.75 Å². The van der Waals surface area contributed by atoms with Crippen molar-refractivity contribution in [2.75, 3.05) is 33.9 Å². The van der Waals surface area contributed by atoms with E-state index >= 15 is 0 Å². The van der Waals surface area contributed by atoms with E-state index in [4.69, 9.17) is 4.74 Å². The van der Waals surface area contributed by atoms with Crippen molar-refractivity contribution >= 4 is 29.9 Å². The monoisotopic (exact) mass is 473 g/mol. The zero-order chi connectivity index (χ0) is 17.6. The van der Waals surface area contributed by atoms with Crippen LogP contribution in [-0.2, 0) is 11.3 Å². The molecule has 0 saturated carbocycles. The lowest BCUT2D eigenvalue weighted by Gasteiger charge is -2.25. The number of aliphatic imine (C=N–C) groups is 1. The summed E-state index contributed by atoms with van der Waals surface area (Å²) >= 11 is 0. The molecular formula is C16H23F3IN3O2. The van der Waals surface area contributed by atoms with Crippen molar-refractivity contribution < 1.29 is 22.6 Å². The molecule has 1 heterocycles. The van der Waals surface area contributed by atoms with Gasteiger partial charge in [0.05, 0.1) is 6.61 Å². The maximum absolute atomic E-state index is 12.5. The second-order valence-corrected chi connectivity index (χ2v) is 5.67. The molecule has 1 aromatic carbocycles. The minimum Gasteiger partial charge on any atom is -0.405 e. The molecule has 0 bridgehead atoms. The molecule has 0 aliphatic carbocycles. The van der Waals surface area contributed by atoms with Crippen LogP contribution >= 0.6 is 24.0 Å². The number of alkyl halides is 3. The Kier molecular flexibility index (Phi) is 8.77. The minimum absolute atomic E-state index is 0. The summed E-state index contributed by atoms with van der Waals surface area (Å²) in [7, 11) is 3.54. The average molecular weight is 473 g/mol. The Morgan fingerprint density at radius 2 is 2.12 bits per heavy atom. The normalized spacial score (nSPS) is 17.8. The molecule has 142 valence electrons. The van der Waals surface area contributed by atoms with Gasteiger partial charge in [-0.25, -0.2) is 0 Å². The lowest BCUT2D eigenvalue weighted by atomic mass is 10.1. The number of para-hydroxylation sites is 1. The summed E-state index contributed by atoms with van der Waals surface area (Å²) in [5.74, 6) is 0.845. The molecule has 1 fully saturated rings. The molecule has 0 radical (unpaired) electrons. The van der Waals surface area contributed by atoms with Crippen LogP contribution in [0.1, 0.15) is 12.0 Å². The zero-order valence-corrected chi connectivity index (χ0v) is 16.5. The Morgan fingerprint density at radius 1 is 1.40 bits per heavy atom. The third-order valence-electron chi connectivity index (χ3n) is 3.76. The fourth-order valence-electron chi connectivity index (χ4n) is 2.63. The van der Waals surface area contributed by atoms with Crippen LogP contribution < -0.4 is 10.1 Å². The van der Waals surface area contributed by atoms with Gasteiger partial charge < -0.3 is 19.7 Å². The molecule has 5 nitrogen and oxygen atoms in total. The third kappa shape index (κ3) is 7.27. The average Bonchev–Trinajstić information content (AvgIpc) is 3.01. The summed E-state index contributed by atoms with van der Waals surface area (Å²) in [6, 6.07) is 6.06. The Bertz CT molecular complexity index is 564. The van der Waals surface area contributed by atoms with Crippen molar-refractivity contribution in [1.29, 1.82) is 0 Å². The van der Waals surface area contributed by atoms with E-state index in [9.17, 15) is 13.2 Å². The van der Waals surface area contributed by atoms with E-state index in [-0.39, 0.29) is 36.3 Å². The number of nitrogens with one attached hydrogen (secondary N) is 1. The van der Waals surface area contributed by atoms with Crippen molar-refractivity contribution in [3.8, 4) is 5.75 Å². The molecule has 1 saturated heterocycles. The first-order valence-corrected chi connectivity index (χ1v) is 7.72. The summed E-state index contributed by atoms with van der Waals surface area (Å²) in [5, 5.41) is 3.07. The fourth-order valence-corrected chi connectivity index (χ4v) is 2.63. The summed E-state index contributed by atoms with van der Waals surface area (Å²) in [4.78, 5) is 6.13. The van der Waals surface area contributed by atoms with Gasteiger partial charge in [-0.05, 0) is 12.5 Å². The van der Waals surface area contributed by atoms with Crippen LogP contribution in [0.15, 0.2) is 29.3 Å². The van der Waals surface area contributed by atoms with Crippen LogP contribution in [0.5, 0.6) is 5.75 Å². The van der Waals surface area contributed by atoms with Crippen molar-refractivity contribution in [3.63, 3.8) is 0 Å². The summed E-state index contributed by atoms with van der Waals surface area (Å²) in [6.07, 6.45) is -3.71. The molecule has 1 aliphatic heterocycles. The first-order chi connectivity index (χ1) is 11.4. The van der Waals surface area contributed by atoms with Crippen molar-refractivity contribution in [1.82, 2.24) is 10.2 Å². The molecule has 2 rings (SSSR count). The molecule has 1 N–H and O–H groups in total. The van der Waals surface area contributed by atoms with Crippen LogP contribution in [0.25, 0.3) is 0 Å². The number of guanidine groups is 1. The SMILES string of the molecule is CN=C(NCc1ccccc1OC(F)(F)F)N(C)CC1CCOC1.I. The van der Waals surface area contributed by atoms with Gasteiger partial charge in [-0.3, -0.25) is 4.99 Å². The molecule has 0 spiro atoms. The van der Waals surface area contributed by atoms with Gasteiger partial charge in [0.2, 0.25) is 0 Å². The van der Waals surface area contributed by atoms with E-state index in [0.717, 1.165) is 26.2 Å². The predicted octanol–water partition coefficient (Wildman–Crippen LogP) is 3.25. The third-order valence-corrected chi connectivity index (χ3v) is 3.76. The highest BCUT2D eigenvalue weighted by atomic mass is 127. The van der Waals surface area contributed by atoms with Gasteiger partial charge in [0, 0.05) is 45.3 Å². The maximum atomic E-state index is 12.5. The summed E-state index contributed by atoms with van der Waals surface area (Å²) in [5.41, 5.74) is 0.411. The first-order valence-electron chi connectivity index (χ1n) is 7.72. The molecule has 9 heteroatoms. The number of rotatable bonds is 5. The highest BCUT2D eigenvalue weighted by Gasteiger charge is 2.32. The highest BCUT2D eigenvalue weighted by Crippen LogP contribution is 2.26. The van der Waals surface area contributed by atoms with Gasteiger partial charge >= 0.3 is 6.36 Å². The number of ether oxygens (including phenoxy) is 2. The van der Waals surface area contributed by atoms with Crippen LogP contribution in [0, 0.1) is 5.92 Å². The number of benzene rings is 1. The number of halogens is 4. The Morgan fingerprint density at radius 3 is 2.72 bits per heavy atom. The Labute approximate surface area is 162 Å². The van der Waals surface area contributed by atoms with Gasteiger partial charge in [0.25, 0.3) is 0 Å². The Hall–Kier alpha value is -1.23. The number of hydrogen-bond acceptors (Lipinski definition) is 3. The van der Waals surface area contributed by atoms with Gasteiger partial charge in [0.15, 0.2) is 5.96 Å². The van der Waals surface area contributed by atoms with Gasteiger partial charge in [-0.1, -0.05) is 18.2 Å². The Balaban J connectivity index is 0.00000312. The van der Waals surface area contributed by atoms with E-state index in [1.165, 1.54) is 12.1 Å². The van der Waals surface area contributed by atoms with Crippen molar-refractivity contribution in [2.45, 2.75) is 19.3 Å². The molecule has 1 atom stereocenters. The fraction of sp³-hybridized carbons (Fsp3) is 0.562. The maximum Gasteiger partial charge on any atom is 0.573 e. The van der Waals surface area contributed by atoms with Crippen molar-refractivity contribution in [2.24, 2.45) is 10.9 Å². The minimum atomic E-state index is -4.71. The molecule has 0 aromatic heterocycles. The standard InChI is InChI=1S/C16H22F3N3O2.HI/c1-20-15(22(2)10-12-7-8-23-11-12)21-9-13-5-3-4-6-14(13)24-16(17,18)19;/h3-6,12H,7-11H2,1-2H3,(H,20,21);1H. The largest absolute Gasteiger partial charge is 0.573 e. The zero-order valence-electron chi connectivity index (χ0n) is 14.2. The summed E-state index contributed by atoms with van der Waals surface area (Å²) in [6.45, 7) is 2.46. The molecule has 1 aliphatic rings. The molecular weight excluding hydrogens is 450 g/mol. The highest BCUT2D eigenvalue weighted by molar-refractivity contribution is 14.0. The second kappa shape index (κ2) is 10.0. The van der Waals surface area contributed by atoms with E-state index in [0.29, 0.717) is 17.4 Å². The first kappa shape index (κ1) is 21.8. The summed E-state index contributed by atoms with van der Waals surface area (Å²) < 4.78 is 46.8. The lowest BCUT2D eigenvalue weighted by molar-refractivity contribution is -0.274. The van der Waals surface area contributed by atoms with Gasteiger partial charge in [-0.2, -0.15) is 0 Å². The van der Waals surface area contributed by atoms with Crippen LogP contribution in [0.4, 0.5) is 13.2 Å². The van der Waals surface area contributed by atoms with E-state index in [2.05, 4.69) is 15.0 Å².